The van der Waals surface area contributed by atoms with Gasteiger partial charge in [0.2, 0.25) is 0 Å². The van der Waals surface area contributed by atoms with Crippen LogP contribution >= 0.6 is 11.3 Å². The summed E-state index contributed by atoms with van der Waals surface area (Å²) in [4.78, 5) is 5.61. The highest BCUT2D eigenvalue weighted by atomic mass is 32.1. The van der Waals surface area contributed by atoms with Gasteiger partial charge in [-0.25, -0.2) is 4.98 Å². The van der Waals surface area contributed by atoms with Crippen molar-refractivity contribution in [2.24, 2.45) is 0 Å². The summed E-state index contributed by atoms with van der Waals surface area (Å²) >= 11 is 1.48. The first-order chi connectivity index (χ1) is 13.8. The highest BCUT2D eigenvalue weighted by Gasteiger charge is 2.30. The molecule has 0 radical (unpaired) electrons. The molecule has 1 heterocycles. The van der Waals surface area contributed by atoms with Crippen LogP contribution in [0.1, 0.15) is 59.9 Å². The van der Waals surface area contributed by atoms with Crippen LogP contribution in [-0.4, -0.2) is 4.98 Å². The van der Waals surface area contributed by atoms with Crippen molar-refractivity contribution in [3.8, 4) is 16.3 Å². The van der Waals surface area contributed by atoms with Crippen LogP contribution in [0.5, 0.6) is 5.75 Å². The number of hydrogen-bond acceptors (Lipinski definition) is 3. The number of halogens is 3. The molecule has 0 amide bonds. The Morgan fingerprint density at radius 2 is 1.86 bits per heavy atom. The van der Waals surface area contributed by atoms with E-state index >= 15 is 0 Å². The van der Waals surface area contributed by atoms with Gasteiger partial charge >= 0.3 is 6.18 Å². The molecule has 1 saturated carbocycles. The van der Waals surface area contributed by atoms with Crippen molar-refractivity contribution >= 4 is 11.3 Å². The van der Waals surface area contributed by atoms with Crippen LogP contribution in [0.15, 0.2) is 48.5 Å². The zero-order chi connectivity index (χ0) is 20.6. The molecule has 0 spiro atoms. The lowest BCUT2D eigenvalue weighted by Crippen LogP contribution is -2.06. The lowest BCUT2D eigenvalue weighted by Gasteiger charge is -2.17. The molecule has 2 aromatic carbocycles. The lowest BCUT2D eigenvalue weighted by atomic mass is 10.1. The average molecular weight is 417 g/mol. The first-order valence-corrected chi connectivity index (χ1v) is 10.6. The van der Waals surface area contributed by atoms with Crippen molar-refractivity contribution in [1.82, 2.24) is 4.98 Å². The van der Waals surface area contributed by atoms with E-state index in [0.717, 1.165) is 34.9 Å². The quantitative estimate of drug-likeness (QED) is 0.413. The fourth-order valence-electron chi connectivity index (χ4n) is 3.38. The third-order valence-corrected chi connectivity index (χ3v) is 6.44. The monoisotopic (exact) mass is 417 g/mol. The van der Waals surface area contributed by atoms with E-state index in [1.165, 1.54) is 41.9 Å². The number of benzene rings is 2. The molecule has 1 fully saturated rings. The molecular weight excluding hydrogens is 395 g/mol. The van der Waals surface area contributed by atoms with Crippen molar-refractivity contribution in [1.29, 1.82) is 0 Å². The van der Waals surface area contributed by atoms with E-state index in [4.69, 9.17) is 4.74 Å². The van der Waals surface area contributed by atoms with Gasteiger partial charge in [0.25, 0.3) is 0 Å². The summed E-state index contributed by atoms with van der Waals surface area (Å²) < 4.78 is 44.7. The van der Waals surface area contributed by atoms with Crippen LogP contribution in [0.3, 0.4) is 0 Å². The highest BCUT2D eigenvalue weighted by Crippen LogP contribution is 2.42. The summed E-state index contributed by atoms with van der Waals surface area (Å²) in [5.41, 5.74) is 2.21. The number of hydrogen-bond donors (Lipinski definition) is 0. The van der Waals surface area contributed by atoms with Gasteiger partial charge in [-0.3, -0.25) is 0 Å². The largest absolute Gasteiger partial charge is 0.485 e. The van der Waals surface area contributed by atoms with E-state index in [1.54, 1.807) is 0 Å². The predicted octanol–water partition coefficient (Wildman–Crippen LogP) is 7.54. The van der Waals surface area contributed by atoms with Crippen molar-refractivity contribution < 1.29 is 17.9 Å². The van der Waals surface area contributed by atoms with Gasteiger partial charge in [0.05, 0.1) is 16.1 Å². The van der Waals surface area contributed by atoms with E-state index in [2.05, 4.69) is 24.0 Å². The summed E-state index contributed by atoms with van der Waals surface area (Å²) in [6, 6.07) is 13.4. The Hall–Kier alpha value is -2.34. The molecular formula is C23H22F3NOS. The number of aryl methyl sites for hydroxylation is 1. The van der Waals surface area contributed by atoms with Gasteiger partial charge in [-0.15, -0.1) is 11.3 Å². The molecule has 2 nitrogen and oxygen atoms in total. The molecule has 1 atom stereocenters. The van der Waals surface area contributed by atoms with Crippen molar-refractivity contribution in [2.75, 3.05) is 0 Å². The normalized spacial score (nSPS) is 15.3. The van der Waals surface area contributed by atoms with Gasteiger partial charge in [-0.2, -0.15) is 13.2 Å². The average Bonchev–Trinajstić information content (AvgIpc) is 3.48. The number of ether oxygens (including phenoxy) is 1. The number of alkyl halides is 3. The zero-order valence-electron chi connectivity index (χ0n) is 16.3. The first-order valence-electron chi connectivity index (χ1n) is 9.76. The summed E-state index contributed by atoms with van der Waals surface area (Å²) in [7, 11) is 0. The number of nitrogens with zero attached hydrogens (tertiary/aromatic N) is 1. The Balaban J connectivity index is 1.56. The molecule has 3 aromatic rings. The van der Waals surface area contributed by atoms with Crippen molar-refractivity contribution in [3.63, 3.8) is 0 Å². The maximum Gasteiger partial charge on any atom is 0.416 e. The second-order valence-electron chi connectivity index (χ2n) is 7.41. The minimum Gasteiger partial charge on any atom is -0.485 e. The van der Waals surface area contributed by atoms with E-state index in [9.17, 15) is 13.2 Å². The van der Waals surface area contributed by atoms with Crippen LogP contribution in [0.2, 0.25) is 0 Å². The second kappa shape index (κ2) is 7.82. The molecule has 4 rings (SSSR count). The number of rotatable bonds is 6. The number of thiazole rings is 1. The summed E-state index contributed by atoms with van der Waals surface area (Å²) in [5, 5.41) is 0.708. The maximum atomic E-state index is 12.8. The van der Waals surface area contributed by atoms with Gasteiger partial charge in [0.1, 0.15) is 16.9 Å². The molecule has 6 heteroatoms. The third-order valence-electron chi connectivity index (χ3n) is 5.14. The van der Waals surface area contributed by atoms with Crippen molar-refractivity contribution in [3.05, 3.63) is 70.2 Å². The lowest BCUT2D eigenvalue weighted by molar-refractivity contribution is -0.137. The van der Waals surface area contributed by atoms with Gasteiger partial charge in [0.15, 0.2) is 0 Å². The van der Waals surface area contributed by atoms with E-state index in [-0.39, 0.29) is 6.10 Å². The van der Waals surface area contributed by atoms with E-state index in [1.807, 2.05) is 19.1 Å². The smallest absolute Gasteiger partial charge is 0.416 e. The Kier molecular flexibility index (Phi) is 5.38. The Morgan fingerprint density at radius 1 is 1.14 bits per heavy atom. The zero-order valence-corrected chi connectivity index (χ0v) is 17.1. The Bertz CT molecular complexity index is 990. The van der Waals surface area contributed by atoms with Gasteiger partial charge < -0.3 is 4.74 Å². The van der Waals surface area contributed by atoms with Crippen LogP contribution < -0.4 is 4.74 Å². The predicted molar refractivity (Wildman–Crippen MR) is 109 cm³/mol. The Morgan fingerprint density at radius 3 is 2.48 bits per heavy atom. The fourth-order valence-corrected chi connectivity index (χ4v) is 4.56. The standard InChI is InChI=1S/C23H22F3NOS/c1-3-20(28-19-6-4-5-17(13-19)15-7-8-15)21-14(2)27-22(29-21)16-9-11-18(12-10-16)23(24,25)26/h4-6,9-13,15,20H,3,7-8H2,1-2H3. The molecule has 1 aliphatic carbocycles. The molecule has 1 aliphatic rings. The molecule has 1 unspecified atom stereocenters. The van der Waals surface area contributed by atoms with Crippen LogP contribution in [0, 0.1) is 6.92 Å². The molecule has 0 N–H and O–H groups in total. The van der Waals surface area contributed by atoms with Gasteiger partial charge in [-0.05, 0) is 61.9 Å². The van der Waals surface area contributed by atoms with Gasteiger partial charge in [0, 0.05) is 5.56 Å². The molecule has 0 saturated heterocycles. The van der Waals surface area contributed by atoms with E-state index < -0.39 is 11.7 Å². The topological polar surface area (TPSA) is 22.1 Å². The van der Waals surface area contributed by atoms with Gasteiger partial charge in [-0.1, -0.05) is 31.2 Å². The molecule has 1 aromatic heterocycles. The summed E-state index contributed by atoms with van der Waals surface area (Å²) in [6.45, 7) is 3.98. The van der Waals surface area contributed by atoms with E-state index in [0.29, 0.717) is 16.5 Å². The van der Waals surface area contributed by atoms with Crippen molar-refractivity contribution in [2.45, 2.75) is 51.3 Å². The summed E-state index contributed by atoms with van der Waals surface area (Å²) in [6.07, 6.45) is -1.21. The van der Waals surface area contributed by atoms with Crippen LogP contribution in [0.25, 0.3) is 10.6 Å². The number of aromatic nitrogens is 1. The maximum absolute atomic E-state index is 12.8. The molecule has 29 heavy (non-hydrogen) atoms. The molecule has 0 aliphatic heterocycles. The minimum absolute atomic E-state index is 0.134. The Labute approximate surface area is 172 Å². The third kappa shape index (κ3) is 4.47. The van der Waals surface area contributed by atoms with Crippen LogP contribution in [0.4, 0.5) is 13.2 Å². The van der Waals surface area contributed by atoms with Crippen LogP contribution in [-0.2, 0) is 6.18 Å². The second-order valence-corrected chi connectivity index (χ2v) is 8.44. The molecule has 152 valence electrons. The first kappa shape index (κ1) is 20.0. The SMILES string of the molecule is CCC(Oc1cccc(C2CC2)c1)c1sc(-c2ccc(C(F)(F)F)cc2)nc1C. The summed E-state index contributed by atoms with van der Waals surface area (Å²) in [5.74, 6) is 1.51. The fraction of sp³-hybridized carbons (Fsp3) is 0.348. The minimum atomic E-state index is -4.33. The molecule has 0 bridgehead atoms. The highest BCUT2D eigenvalue weighted by molar-refractivity contribution is 7.15.